The lowest BCUT2D eigenvalue weighted by Gasteiger charge is -2.41. The predicted molar refractivity (Wildman–Crippen MR) is 119 cm³/mol. The van der Waals surface area contributed by atoms with Crippen molar-refractivity contribution in [2.75, 3.05) is 37.7 Å². The zero-order valence-electron chi connectivity index (χ0n) is 19.6. The zero-order chi connectivity index (χ0) is 27.7. The third-order valence-electron chi connectivity index (χ3n) is 5.42. The molecule has 1 aliphatic heterocycles. The number of carbonyl (C=O) groups is 1. The Labute approximate surface area is 214 Å². The molecule has 18 heteroatoms. The van der Waals surface area contributed by atoms with Crippen LogP contribution in [0.25, 0.3) is 11.3 Å². The van der Waals surface area contributed by atoms with Crippen LogP contribution in [0.2, 0.25) is 0 Å². The monoisotopic (exact) mass is 566 g/mol. The highest BCUT2D eigenvalue weighted by Gasteiger charge is 2.39. The van der Waals surface area contributed by atoms with Gasteiger partial charge in [-0.1, -0.05) is 11.3 Å². The van der Waals surface area contributed by atoms with Crippen molar-refractivity contribution in [2.24, 2.45) is 0 Å². The molecule has 1 aliphatic rings. The molecule has 1 saturated heterocycles. The lowest BCUT2D eigenvalue weighted by Crippen LogP contribution is -2.57. The molecule has 11 nitrogen and oxygen atoms in total. The van der Waals surface area contributed by atoms with Gasteiger partial charge in [-0.25, -0.2) is 24.6 Å². The highest BCUT2D eigenvalue weighted by molar-refractivity contribution is 7.16. The summed E-state index contributed by atoms with van der Waals surface area (Å²) in [5.74, 6) is -2.03. The Balaban J connectivity index is 1.55. The number of amides is 1. The van der Waals surface area contributed by atoms with Crippen molar-refractivity contribution in [1.29, 1.82) is 0 Å². The average Bonchev–Trinajstić information content (AvgIpc) is 3.52. The molecule has 0 saturated carbocycles. The van der Waals surface area contributed by atoms with Gasteiger partial charge < -0.3 is 19.6 Å². The van der Waals surface area contributed by atoms with Crippen LogP contribution in [0.15, 0.2) is 18.7 Å². The fourth-order valence-electron chi connectivity index (χ4n) is 3.73. The van der Waals surface area contributed by atoms with Gasteiger partial charge in [0, 0.05) is 37.6 Å². The average molecular weight is 566 g/mol. The van der Waals surface area contributed by atoms with Gasteiger partial charge in [0.2, 0.25) is 10.9 Å². The molecule has 1 N–H and O–H groups in total. The standard InChI is InChI=1S/C20H20F6N8O3S/c1-2-37-18-27-5-11(6-28-18)14-15(38-17(30-14)20(24,25)26)32-3-4-34(12(7-32)9-35)13(36)8-33-10-29-16(31-33)19(21,22)23/h5-6,10,12,35H,2-4,7-9H2,1H3. The molecule has 1 amide bonds. The summed E-state index contributed by atoms with van der Waals surface area (Å²) < 4.78 is 84.7. The predicted octanol–water partition coefficient (Wildman–Crippen LogP) is 2.34. The largest absolute Gasteiger partial charge is 0.464 e. The number of alkyl halides is 6. The maximum absolute atomic E-state index is 13.5. The second kappa shape index (κ2) is 10.7. The molecule has 4 rings (SSSR count). The molecular formula is C20H20F6N8O3S. The van der Waals surface area contributed by atoms with Crippen molar-refractivity contribution in [2.45, 2.75) is 31.9 Å². The fraction of sp³-hybridized carbons (Fsp3) is 0.500. The maximum atomic E-state index is 13.5. The number of aliphatic hydroxyl groups excluding tert-OH is 1. The van der Waals surface area contributed by atoms with Gasteiger partial charge in [-0.3, -0.25) is 4.79 Å². The molecule has 3 aromatic rings. The zero-order valence-corrected chi connectivity index (χ0v) is 20.4. The van der Waals surface area contributed by atoms with E-state index < -0.39 is 48.3 Å². The lowest BCUT2D eigenvalue weighted by molar-refractivity contribution is -0.145. The fourth-order valence-corrected chi connectivity index (χ4v) is 4.72. The molecule has 1 fully saturated rings. The first-order chi connectivity index (χ1) is 17.9. The first kappa shape index (κ1) is 27.5. The molecule has 3 aromatic heterocycles. The van der Waals surface area contributed by atoms with E-state index in [9.17, 15) is 36.2 Å². The van der Waals surface area contributed by atoms with Crippen molar-refractivity contribution >= 4 is 22.2 Å². The van der Waals surface area contributed by atoms with E-state index in [0.717, 1.165) is 11.0 Å². The minimum absolute atomic E-state index is 0.0239. The molecule has 0 radical (unpaired) electrons. The topological polar surface area (TPSA) is 122 Å². The lowest BCUT2D eigenvalue weighted by atomic mass is 10.1. The molecule has 206 valence electrons. The van der Waals surface area contributed by atoms with Gasteiger partial charge in [-0.15, -0.1) is 5.10 Å². The molecule has 0 bridgehead atoms. The Morgan fingerprint density at radius 2 is 1.84 bits per heavy atom. The summed E-state index contributed by atoms with van der Waals surface area (Å²) >= 11 is 0.401. The summed E-state index contributed by atoms with van der Waals surface area (Å²) in [6.07, 6.45) is -6.15. The number of aliphatic hydroxyl groups is 1. The number of anilines is 1. The quantitative estimate of drug-likeness (QED) is 0.430. The third kappa shape index (κ3) is 5.95. The number of piperazine rings is 1. The second-order valence-electron chi connectivity index (χ2n) is 7.99. The van der Waals surface area contributed by atoms with Gasteiger partial charge in [0.1, 0.15) is 23.6 Å². The summed E-state index contributed by atoms with van der Waals surface area (Å²) in [4.78, 5) is 30.5. The number of ether oxygens (including phenoxy) is 1. The van der Waals surface area contributed by atoms with E-state index in [2.05, 4.69) is 25.0 Å². The Morgan fingerprint density at radius 3 is 2.42 bits per heavy atom. The van der Waals surface area contributed by atoms with Crippen molar-refractivity contribution < 1.29 is 41.0 Å². The minimum Gasteiger partial charge on any atom is -0.464 e. The molecule has 38 heavy (non-hydrogen) atoms. The number of hydrogen-bond donors (Lipinski definition) is 1. The van der Waals surface area contributed by atoms with Gasteiger partial charge in [0.25, 0.3) is 5.82 Å². The van der Waals surface area contributed by atoms with Crippen molar-refractivity contribution in [3.63, 3.8) is 0 Å². The van der Waals surface area contributed by atoms with Crippen LogP contribution in [0.1, 0.15) is 17.8 Å². The molecular weight excluding hydrogens is 546 g/mol. The number of nitrogens with zero attached hydrogens (tertiary/aromatic N) is 8. The number of hydrogen-bond acceptors (Lipinski definition) is 10. The Hall–Kier alpha value is -3.54. The first-order valence-corrected chi connectivity index (χ1v) is 11.9. The van der Waals surface area contributed by atoms with Crippen LogP contribution in [0.4, 0.5) is 31.3 Å². The van der Waals surface area contributed by atoms with Crippen LogP contribution in [0, 0.1) is 0 Å². The van der Waals surface area contributed by atoms with E-state index in [0.29, 0.717) is 17.9 Å². The molecule has 0 spiro atoms. The van der Waals surface area contributed by atoms with E-state index in [1.165, 1.54) is 17.3 Å². The molecule has 0 aromatic carbocycles. The van der Waals surface area contributed by atoms with Crippen LogP contribution >= 0.6 is 11.3 Å². The number of carbonyl (C=O) groups excluding carboxylic acids is 1. The number of rotatable bonds is 7. The normalized spacial score (nSPS) is 16.7. The second-order valence-corrected chi connectivity index (χ2v) is 8.97. The maximum Gasteiger partial charge on any atom is 0.453 e. The minimum atomic E-state index is -4.77. The van der Waals surface area contributed by atoms with Crippen LogP contribution in [0.5, 0.6) is 6.01 Å². The summed E-state index contributed by atoms with van der Waals surface area (Å²) in [5.41, 5.74) is 0.185. The third-order valence-corrected chi connectivity index (χ3v) is 6.58. The van der Waals surface area contributed by atoms with Crippen LogP contribution in [-0.2, 0) is 23.7 Å². The molecule has 4 heterocycles. The van der Waals surface area contributed by atoms with Gasteiger partial charge in [-0.05, 0) is 6.92 Å². The van der Waals surface area contributed by atoms with Crippen molar-refractivity contribution in [1.82, 2.24) is 34.6 Å². The SMILES string of the molecule is CCOc1ncc(-c2nc(C(F)(F)F)sc2N2CCN(C(=O)Cn3cnc(C(F)(F)F)n3)C(CO)C2)cn1. The highest BCUT2D eigenvalue weighted by Crippen LogP contribution is 2.43. The Bertz CT molecular complexity index is 1260. The Kier molecular flexibility index (Phi) is 7.73. The van der Waals surface area contributed by atoms with Gasteiger partial charge >= 0.3 is 18.4 Å². The van der Waals surface area contributed by atoms with Gasteiger partial charge in [-0.2, -0.15) is 26.3 Å². The van der Waals surface area contributed by atoms with E-state index in [4.69, 9.17) is 4.74 Å². The van der Waals surface area contributed by atoms with Crippen molar-refractivity contribution in [3.05, 3.63) is 29.6 Å². The highest BCUT2D eigenvalue weighted by atomic mass is 32.1. The first-order valence-electron chi connectivity index (χ1n) is 11.1. The Morgan fingerprint density at radius 1 is 1.13 bits per heavy atom. The molecule has 1 unspecified atom stereocenters. The smallest absolute Gasteiger partial charge is 0.453 e. The summed E-state index contributed by atoms with van der Waals surface area (Å²) in [6.45, 7) is 0.899. The van der Waals surface area contributed by atoms with Crippen LogP contribution in [0.3, 0.4) is 0 Å². The van der Waals surface area contributed by atoms with E-state index in [-0.39, 0.29) is 41.9 Å². The van der Waals surface area contributed by atoms with E-state index >= 15 is 0 Å². The van der Waals surface area contributed by atoms with Crippen molar-refractivity contribution in [3.8, 4) is 17.3 Å². The molecule has 1 atom stereocenters. The summed E-state index contributed by atoms with van der Waals surface area (Å²) in [6, 6.07) is -0.811. The number of halogens is 6. The van der Waals surface area contributed by atoms with E-state index in [1.54, 1.807) is 11.8 Å². The summed E-state index contributed by atoms with van der Waals surface area (Å²) in [7, 11) is 0. The number of aromatic nitrogens is 6. The molecule has 0 aliphatic carbocycles. The van der Waals surface area contributed by atoms with Gasteiger partial charge in [0.15, 0.2) is 0 Å². The van der Waals surface area contributed by atoms with Crippen LogP contribution in [-0.4, -0.2) is 84.5 Å². The summed E-state index contributed by atoms with van der Waals surface area (Å²) in [5, 5.41) is 12.2. The van der Waals surface area contributed by atoms with Gasteiger partial charge in [0.05, 0.1) is 19.3 Å². The number of thiazole rings is 1. The van der Waals surface area contributed by atoms with Crippen LogP contribution < -0.4 is 9.64 Å². The van der Waals surface area contributed by atoms with E-state index in [1.807, 2.05) is 0 Å².